The van der Waals surface area contributed by atoms with Crippen molar-refractivity contribution in [3.63, 3.8) is 0 Å². The van der Waals surface area contributed by atoms with Crippen LogP contribution in [0.15, 0.2) is 0 Å². The standard InChI is InChI=1S/C9H15FN2O/c1-6-3-7(6)11-8(13)12-4-9(2,10)5-12/h6-7H,3-5H2,1-2H3,(H,11,13)/t6-,7-/m1/s1. The average Bonchev–Trinajstić information content (AvgIpc) is 2.61. The number of hydrogen-bond donors (Lipinski definition) is 1. The summed E-state index contributed by atoms with van der Waals surface area (Å²) >= 11 is 0. The van der Waals surface area contributed by atoms with E-state index in [0.717, 1.165) is 6.42 Å². The number of nitrogens with zero attached hydrogens (tertiary/aromatic N) is 1. The number of carbonyl (C=O) groups is 1. The maximum Gasteiger partial charge on any atom is 0.317 e. The van der Waals surface area contributed by atoms with Gasteiger partial charge in [0, 0.05) is 6.04 Å². The molecule has 1 saturated heterocycles. The lowest BCUT2D eigenvalue weighted by Gasteiger charge is -2.41. The second-order valence-corrected chi connectivity index (χ2v) is 4.54. The van der Waals surface area contributed by atoms with E-state index in [2.05, 4.69) is 12.2 Å². The third-order valence-corrected chi connectivity index (χ3v) is 2.75. The number of halogens is 1. The summed E-state index contributed by atoms with van der Waals surface area (Å²) in [7, 11) is 0. The summed E-state index contributed by atoms with van der Waals surface area (Å²) in [6.45, 7) is 4.09. The van der Waals surface area contributed by atoms with E-state index in [-0.39, 0.29) is 19.1 Å². The lowest BCUT2D eigenvalue weighted by molar-refractivity contribution is 0.00992. The van der Waals surface area contributed by atoms with E-state index in [9.17, 15) is 9.18 Å². The van der Waals surface area contributed by atoms with Gasteiger partial charge in [0.25, 0.3) is 0 Å². The number of carbonyl (C=O) groups excluding carboxylic acids is 1. The monoisotopic (exact) mass is 186 g/mol. The normalized spacial score (nSPS) is 35.2. The third-order valence-electron chi connectivity index (χ3n) is 2.75. The number of nitrogens with one attached hydrogen (secondary N) is 1. The highest BCUT2D eigenvalue weighted by Gasteiger charge is 2.43. The fraction of sp³-hybridized carbons (Fsp3) is 0.889. The van der Waals surface area contributed by atoms with Gasteiger partial charge in [-0.05, 0) is 19.3 Å². The third kappa shape index (κ3) is 1.76. The van der Waals surface area contributed by atoms with Crippen molar-refractivity contribution in [2.45, 2.75) is 32.0 Å². The van der Waals surface area contributed by atoms with Gasteiger partial charge in [-0.3, -0.25) is 0 Å². The van der Waals surface area contributed by atoms with Crippen molar-refractivity contribution in [2.75, 3.05) is 13.1 Å². The van der Waals surface area contributed by atoms with Crippen LogP contribution in [0.3, 0.4) is 0 Å². The largest absolute Gasteiger partial charge is 0.335 e. The van der Waals surface area contributed by atoms with Gasteiger partial charge in [0.1, 0.15) is 5.67 Å². The Labute approximate surface area is 77.3 Å². The van der Waals surface area contributed by atoms with E-state index in [1.165, 1.54) is 11.8 Å². The number of urea groups is 1. The highest BCUT2D eigenvalue weighted by Crippen LogP contribution is 2.30. The minimum absolute atomic E-state index is 0.107. The molecule has 2 fully saturated rings. The summed E-state index contributed by atoms with van der Waals surface area (Å²) in [4.78, 5) is 12.9. The zero-order valence-electron chi connectivity index (χ0n) is 8.01. The molecule has 74 valence electrons. The second-order valence-electron chi connectivity index (χ2n) is 4.54. The number of rotatable bonds is 1. The smallest absolute Gasteiger partial charge is 0.317 e. The molecule has 2 amide bonds. The van der Waals surface area contributed by atoms with Crippen LogP contribution in [0, 0.1) is 5.92 Å². The summed E-state index contributed by atoms with van der Waals surface area (Å²) in [6.07, 6.45) is 1.06. The molecular weight excluding hydrogens is 171 g/mol. The summed E-state index contributed by atoms with van der Waals surface area (Å²) < 4.78 is 13.0. The number of alkyl halides is 1. The molecule has 2 atom stereocenters. The second kappa shape index (κ2) is 2.59. The summed E-state index contributed by atoms with van der Waals surface area (Å²) in [5.41, 5.74) is -1.16. The van der Waals surface area contributed by atoms with Crippen LogP contribution in [0.2, 0.25) is 0 Å². The highest BCUT2D eigenvalue weighted by atomic mass is 19.1. The SMILES string of the molecule is C[C@@H]1C[C@H]1NC(=O)N1CC(C)(F)C1. The first kappa shape index (κ1) is 8.78. The Hall–Kier alpha value is -0.800. The topological polar surface area (TPSA) is 32.3 Å². The van der Waals surface area contributed by atoms with Gasteiger partial charge in [-0.15, -0.1) is 0 Å². The van der Waals surface area contributed by atoms with Crippen molar-refractivity contribution in [3.8, 4) is 0 Å². The van der Waals surface area contributed by atoms with Gasteiger partial charge in [-0.2, -0.15) is 0 Å². The molecule has 0 radical (unpaired) electrons. The van der Waals surface area contributed by atoms with Gasteiger partial charge in [-0.25, -0.2) is 9.18 Å². The average molecular weight is 186 g/mol. The molecule has 1 aliphatic heterocycles. The van der Waals surface area contributed by atoms with Crippen LogP contribution < -0.4 is 5.32 Å². The van der Waals surface area contributed by atoms with Crippen molar-refractivity contribution >= 4 is 6.03 Å². The fourth-order valence-electron chi connectivity index (χ4n) is 1.67. The van der Waals surface area contributed by atoms with Gasteiger partial charge in [0.2, 0.25) is 0 Å². The van der Waals surface area contributed by atoms with Crippen molar-refractivity contribution in [3.05, 3.63) is 0 Å². The Morgan fingerprint density at radius 1 is 1.62 bits per heavy atom. The van der Waals surface area contributed by atoms with Gasteiger partial charge in [0.05, 0.1) is 13.1 Å². The van der Waals surface area contributed by atoms with Crippen molar-refractivity contribution in [1.82, 2.24) is 10.2 Å². The lowest BCUT2D eigenvalue weighted by atomic mass is 10.00. The zero-order valence-corrected chi connectivity index (χ0v) is 8.01. The highest BCUT2D eigenvalue weighted by molar-refractivity contribution is 5.76. The Balaban J connectivity index is 1.74. The Morgan fingerprint density at radius 2 is 2.15 bits per heavy atom. The Morgan fingerprint density at radius 3 is 2.54 bits per heavy atom. The maximum absolute atomic E-state index is 13.0. The predicted molar refractivity (Wildman–Crippen MR) is 47.2 cm³/mol. The maximum atomic E-state index is 13.0. The van der Waals surface area contributed by atoms with Crippen molar-refractivity contribution in [2.24, 2.45) is 5.92 Å². The minimum Gasteiger partial charge on any atom is -0.335 e. The molecule has 0 unspecified atom stereocenters. The van der Waals surface area contributed by atoms with E-state index in [1.54, 1.807) is 0 Å². The summed E-state index contributed by atoms with van der Waals surface area (Å²) in [5, 5.41) is 2.86. The molecule has 0 aromatic carbocycles. The first-order valence-electron chi connectivity index (χ1n) is 4.72. The molecule has 2 rings (SSSR count). The fourth-order valence-corrected chi connectivity index (χ4v) is 1.67. The minimum atomic E-state index is -1.16. The Bertz CT molecular complexity index is 234. The van der Waals surface area contributed by atoms with E-state index in [4.69, 9.17) is 0 Å². The molecule has 1 saturated carbocycles. The molecule has 4 heteroatoms. The lowest BCUT2D eigenvalue weighted by Crippen LogP contribution is -2.61. The molecule has 0 bridgehead atoms. The first-order chi connectivity index (χ1) is 5.98. The molecule has 1 heterocycles. The molecule has 1 aliphatic carbocycles. The van der Waals surface area contributed by atoms with Gasteiger partial charge in [-0.1, -0.05) is 6.92 Å². The molecule has 0 aromatic rings. The number of likely N-dealkylation sites (tertiary alicyclic amines) is 1. The van der Waals surface area contributed by atoms with E-state index >= 15 is 0 Å². The summed E-state index contributed by atoms with van der Waals surface area (Å²) in [5.74, 6) is 0.599. The first-order valence-corrected chi connectivity index (χ1v) is 4.72. The van der Waals surface area contributed by atoms with Crippen molar-refractivity contribution in [1.29, 1.82) is 0 Å². The van der Waals surface area contributed by atoms with Crippen molar-refractivity contribution < 1.29 is 9.18 Å². The van der Waals surface area contributed by atoms with Crippen LogP contribution in [-0.4, -0.2) is 35.7 Å². The van der Waals surface area contributed by atoms with E-state index in [1.807, 2.05) is 0 Å². The quantitative estimate of drug-likeness (QED) is 0.654. The van der Waals surface area contributed by atoms with Gasteiger partial charge in [0.15, 0.2) is 0 Å². The van der Waals surface area contributed by atoms with Crippen LogP contribution in [0.25, 0.3) is 0 Å². The molecule has 3 nitrogen and oxygen atoms in total. The number of hydrogen-bond acceptors (Lipinski definition) is 1. The molecule has 1 N–H and O–H groups in total. The molecule has 0 aromatic heterocycles. The predicted octanol–water partition coefficient (Wildman–Crippen LogP) is 1.15. The Kier molecular flexibility index (Phi) is 1.75. The summed E-state index contributed by atoms with van der Waals surface area (Å²) in [6, 6.07) is 0.225. The van der Waals surface area contributed by atoms with E-state index < -0.39 is 5.67 Å². The van der Waals surface area contributed by atoms with Crippen LogP contribution in [0.5, 0.6) is 0 Å². The van der Waals surface area contributed by atoms with E-state index in [0.29, 0.717) is 12.0 Å². The van der Waals surface area contributed by atoms with Gasteiger partial charge < -0.3 is 10.2 Å². The zero-order chi connectivity index (χ0) is 9.64. The number of amides is 2. The molecule has 13 heavy (non-hydrogen) atoms. The van der Waals surface area contributed by atoms with Gasteiger partial charge >= 0.3 is 6.03 Å². The van der Waals surface area contributed by atoms with Crippen LogP contribution in [0.4, 0.5) is 9.18 Å². The van der Waals surface area contributed by atoms with Crippen LogP contribution >= 0.6 is 0 Å². The molecule has 0 spiro atoms. The van der Waals surface area contributed by atoms with Crippen LogP contribution in [-0.2, 0) is 0 Å². The molecule has 2 aliphatic rings. The van der Waals surface area contributed by atoms with Crippen LogP contribution in [0.1, 0.15) is 20.3 Å². The molecular formula is C9H15FN2O.